The fourth-order valence-corrected chi connectivity index (χ4v) is 3.58. The van der Waals surface area contributed by atoms with Gasteiger partial charge in [-0.3, -0.25) is 14.3 Å². The summed E-state index contributed by atoms with van der Waals surface area (Å²) in [5, 5.41) is 8.16. The summed E-state index contributed by atoms with van der Waals surface area (Å²) in [4.78, 5) is 18.9. The van der Waals surface area contributed by atoms with Crippen molar-refractivity contribution < 1.29 is 22.7 Å². The van der Waals surface area contributed by atoms with E-state index in [-0.39, 0.29) is 36.0 Å². The Labute approximate surface area is 176 Å². The number of aromatic nitrogens is 4. The van der Waals surface area contributed by atoms with Gasteiger partial charge in [0.05, 0.1) is 17.4 Å². The highest BCUT2D eigenvalue weighted by atomic mass is 19.4. The Morgan fingerprint density at radius 2 is 2.06 bits per heavy atom. The molecule has 2 aromatic heterocycles. The number of halogens is 3. The van der Waals surface area contributed by atoms with E-state index in [1.165, 1.54) is 16.7 Å². The Morgan fingerprint density at radius 1 is 1.23 bits per heavy atom. The van der Waals surface area contributed by atoms with Crippen molar-refractivity contribution in [3.8, 4) is 11.4 Å². The number of hydrogen-bond acceptors (Lipinski definition) is 5. The van der Waals surface area contributed by atoms with Crippen LogP contribution in [0.3, 0.4) is 0 Å². The highest BCUT2D eigenvalue weighted by molar-refractivity contribution is 5.91. The van der Waals surface area contributed by atoms with Gasteiger partial charge in [-0.2, -0.15) is 13.2 Å². The summed E-state index contributed by atoms with van der Waals surface area (Å²) in [7, 11) is 0. The minimum Gasteiger partial charge on any atom is -0.486 e. The monoisotopic (exact) mass is 431 g/mol. The van der Waals surface area contributed by atoms with Gasteiger partial charge in [0.25, 0.3) is 5.91 Å². The van der Waals surface area contributed by atoms with E-state index in [9.17, 15) is 18.0 Å². The molecule has 31 heavy (non-hydrogen) atoms. The normalized spacial score (nSPS) is 16.5. The Hall–Kier alpha value is -3.43. The number of alkyl halides is 3. The van der Waals surface area contributed by atoms with Gasteiger partial charge in [0.1, 0.15) is 12.4 Å². The molecule has 0 N–H and O–H groups in total. The molecule has 162 valence electrons. The number of ether oxygens (including phenoxy) is 1. The molecule has 0 spiro atoms. The first kappa shape index (κ1) is 20.8. The molecule has 1 aliphatic rings. The fraction of sp³-hybridized carbons (Fsp3) is 0.333. The van der Waals surface area contributed by atoms with Crippen LogP contribution in [-0.2, 0) is 12.8 Å². The number of rotatable bonds is 5. The zero-order chi connectivity index (χ0) is 22.0. The summed E-state index contributed by atoms with van der Waals surface area (Å²) in [6.07, 6.45) is 0.511. The highest BCUT2D eigenvalue weighted by Crippen LogP contribution is 2.31. The second-order valence-corrected chi connectivity index (χ2v) is 7.29. The predicted molar refractivity (Wildman–Crippen MR) is 105 cm³/mol. The topological polar surface area (TPSA) is 73.1 Å². The van der Waals surface area contributed by atoms with Crippen molar-refractivity contribution >= 4 is 5.91 Å². The van der Waals surface area contributed by atoms with Crippen molar-refractivity contribution in [1.29, 1.82) is 0 Å². The van der Waals surface area contributed by atoms with Gasteiger partial charge in [-0.25, -0.2) is 0 Å². The molecule has 1 atom stereocenters. The van der Waals surface area contributed by atoms with Crippen molar-refractivity contribution in [3.05, 3.63) is 66.0 Å². The third kappa shape index (κ3) is 4.37. The first-order chi connectivity index (χ1) is 14.8. The first-order valence-corrected chi connectivity index (χ1v) is 9.80. The summed E-state index contributed by atoms with van der Waals surface area (Å²) < 4.78 is 46.0. The maximum atomic E-state index is 13.1. The van der Waals surface area contributed by atoms with Crippen molar-refractivity contribution in [2.75, 3.05) is 6.54 Å². The number of hydrogen-bond donors (Lipinski definition) is 0. The standard InChI is InChI=1S/C21H20F3N5O2/c1-14-5-4-10-28(14)20(30)19-27-26-18(29(19)16-7-3-9-25-12-16)13-31-17-8-2-6-15(11-17)21(22,23)24/h2-3,6-9,11-12,14H,4-5,10,13H2,1H3/t14-/m0/s1. The van der Waals surface area contributed by atoms with Crippen LogP contribution < -0.4 is 4.74 Å². The summed E-state index contributed by atoms with van der Waals surface area (Å²) in [6, 6.07) is 8.14. The third-order valence-electron chi connectivity index (χ3n) is 5.17. The molecule has 1 fully saturated rings. The average molecular weight is 431 g/mol. The van der Waals surface area contributed by atoms with E-state index in [4.69, 9.17) is 4.74 Å². The molecule has 3 heterocycles. The summed E-state index contributed by atoms with van der Waals surface area (Å²) in [5.74, 6) is 0.174. The van der Waals surface area contributed by atoms with Crippen molar-refractivity contribution in [1.82, 2.24) is 24.6 Å². The molecule has 0 radical (unpaired) electrons. The lowest BCUT2D eigenvalue weighted by atomic mass is 10.2. The summed E-state index contributed by atoms with van der Waals surface area (Å²) in [6.45, 7) is 2.44. The molecule has 1 saturated heterocycles. The summed E-state index contributed by atoms with van der Waals surface area (Å²) >= 11 is 0. The lowest BCUT2D eigenvalue weighted by Crippen LogP contribution is -2.35. The Balaban J connectivity index is 1.64. The molecular weight excluding hydrogens is 411 g/mol. The minimum atomic E-state index is -4.47. The molecule has 0 aliphatic carbocycles. The van der Waals surface area contributed by atoms with Crippen LogP contribution in [0.25, 0.3) is 5.69 Å². The molecule has 7 nitrogen and oxygen atoms in total. The Bertz CT molecular complexity index is 1070. The van der Waals surface area contributed by atoms with Gasteiger partial charge in [0, 0.05) is 18.8 Å². The molecule has 1 amide bonds. The van der Waals surface area contributed by atoms with Gasteiger partial charge in [-0.1, -0.05) is 6.07 Å². The van der Waals surface area contributed by atoms with E-state index < -0.39 is 11.7 Å². The van der Waals surface area contributed by atoms with Crippen LogP contribution in [-0.4, -0.2) is 43.1 Å². The van der Waals surface area contributed by atoms with E-state index >= 15 is 0 Å². The Kier molecular flexibility index (Phi) is 5.62. The first-order valence-electron chi connectivity index (χ1n) is 9.80. The quantitative estimate of drug-likeness (QED) is 0.613. The molecule has 0 unspecified atom stereocenters. The summed E-state index contributed by atoms with van der Waals surface area (Å²) in [5.41, 5.74) is -0.247. The second kappa shape index (κ2) is 8.37. The van der Waals surface area contributed by atoms with Gasteiger partial charge in [-0.15, -0.1) is 10.2 Å². The van der Waals surface area contributed by atoms with Crippen molar-refractivity contribution in [3.63, 3.8) is 0 Å². The number of amides is 1. The van der Waals surface area contributed by atoms with Gasteiger partial charge in [-0.05, 0) is 50.1 Å². The van der Waals surface area contributed by atoms with Crippen LogP contribution in [0.5, 0.6) is 5.75 Å². The van der Waals surface area contributed by atoms with Crippen LogP contribution in [0.2, 0.25) is 0 Å². The van der Waals surface area contributed by atoms with Gasteiger partial charge in [0.15, 0.2) is 5.82 Å². The predicted octanol–water partition coefficient (Wildman–Crippen LogP) is 3.88. The minimum absolute atomic E-state index is 0.0385. The van der Waals surface area contributed by atoms with E-state index in [0.717, 1.165) is 25.0 Å². The van der Waals surface area contributed by atoms with Gasteiger partial charge in [0.2, 0.25) is 5.82 Å². The average Bonchev–Trinajstić information content (AvgIpc) is 3.38. The highest BCUT2D eigenvalue weighted by Gasteiger charge is 2.32. The maximum Gasteiger partial charge on any atom is 0.416 e. The van der Waals surface area contributed by atoms with Gasteiger partial charge < -0.3 is 9.64 Å². The molecule has 0 bridgehead atoms. The second-order valence-electron chi connectivity index (χ2n) is 7.29. The Morgan fingerprint density at radius 3 is 2.74 bits per heavy atom. The number of carbonyl (C=O) groups excluding carboxylic acids is 1. The SMILES string of the molecule is C[C@H]1CCCN1C(=O)c1nnc(COc2cccc(C(F)(F)F)c2)n1-c1cccnc1. The van der Waals surface area contributed by atoms with E-state index in [2.05, 4.69) is 15.2 Å². The number of benzene rings is 1. The zero-order valence-electron chi connectivity index (χ0n) is 16.7. The number of carbonyl (C=O) groups is 1. The van der Waals surface area contributed by atoms with Crippen molar-refractivity contribution in [2.24, 2.45) is 0 Å². The zero-order valence-corrected chi connectivity index (χ0v) is 16.7. The molecular formula is C21H20F3N5O2. The van der Waals surface area contributed by atoms with Crippen LogP contribution in [0, 0.1) is 0 Å². The molecule has 3 aromatic rings. The van der Waals surface area contributed by atoms with Crippen LogP contribution in [0.1, 0.15) is 41.8 Å². The van der Waals surface area contributed by atoms with Gasteiger partial charge >= 0.3 is 6.18 Å². The molecule has 0 saturated carbocycles. The molecule has 1 aliphatic heterocycles. The molecule has 10 heteroatoms. The number of pyridine rings is 1. The lowest BCUT2D eigenvalue weighted by molar-refractivity contribution is -0.137. The van der Waals surface area contributed by atoms with E-state index in [1.807, 2.05) is 6.92 Å². The van der Waals surface area contributed by atoms with Crippen LogP contribution >= 0.6 is 0 Å². The number of nitrogens with zero attached hydrogens (tertiary/aromatic N) is 5. The lowest BCUT2D eigenvalue weighted by Gasteiger charge is -2.21. The maximum absolute atomic E-state index is 13.1. The fourth-order valence-electron chi connectivity index (χ4n) is 3.58. The number of likely N-dealkylation sites (tertiary alicyclic amines) is 1. The largest absolute Gasteiger partial charge is 0.486 e. The van der Waals surface area contributed by atoms with E-state index in [0.29, 0.717) is 12.2 Å². The molecule has 4 rings (SSSR count). The smallest absolute Gasteiger partial charge is 0.416 e. The van der Waals surface area contributed by atoms with Crippen LogP contribution in [0.15, 0.2) is 48.8 Å². The van der Waals surface area contributed by atoms with Crippen molar-refractivity contribution in [2.45, 2.75) is 38.6 Å². The third-order valence-corrected chi connectivity index (χ3v) is 5.17. The van der Waals surface area contributed by atoms with E-state index in [1.54, 1.807) is 29.4 Å². The molecule has 1 aromatic carbocycles. The van der Waals surface area contributed by atoms with Crippen LogP contribution in [0.4, 0.5) is 13.2 Å².